The maximum atomic E-state index is 13.8. The van der Waals surface area contributed by atoms with Gasteiger partial charge < -0.3 is 5.11 Å². The van der Waals surface area contributed by atoms with E-state index >= 15 is 0 Å². The lowest BCUT2D eigenvalue weighted by Crippen LogP contribution is -2.39. The fraction of sp³-hybridized carbons (Fsp3) is 0.400. The Labute approximate surface area is 184 Å². The Kier molecular flexibility index (Phi) is 6.04. The summed E-state index contributed by atoms with van der Waals surface area (Å²) in [7, 11) is -3.90. The van der Waals surface area contributed by atoms with Gasteiger partial charge in [0.2, 0.25) is 10.0 Å². The molecule has 1 fully saturated rings. The topological polar surface area (TPSA) is 74.7 Å². The van der Waals surface area contributed by atoms with Crippen molar-refractivity contribution in [1.82, 2.24) is 4.31 Å². The molecule has 2 aromatic rings. The molecule has 0 radical (unpaired) electrons. The summed E-state index contributed by atoms with van der Waals surface area (Å²) in [6.45, 7) is 3.87. The van der Waals surface area contributed by atoms with E-state index in [0.29, 0.717) is 17.9 Å². The Morgan fingerprint density at radius 2 is 1.52 bits per heavy atom. The minimum absolute atomic E-state index is 0.141. The van der Waals surface area contributed by atoms with E-state index in [4.69, 9.17) is 0 Å². The van der Waals surface area contributed by atoms with Crippen molar-refractivity contribution in [2.75, 3.05) is 0 Å². The molecule has 0 saturated heterocycles. The molecule has 0 amide bonds. The van der Waals surface area contributed by atoms with E-state index < -0.39 is 28.1 Å². The van der Waals surface area contributed by atoms with Gasteiger partial charge in [0.15, 0.2) is 0 Å². The van der Waals surface area contributed by atoms with Gasteiger partial charge in [-0.05, 0) is 43.9 Å². The summed E-state index contributed by atoms with van der Waals surface area (Å²) in [5, 5.41) is 9.98. The lowest BCUT2D eigenvalue weighted by molar-refractivity contribution is -0.133. The van der Waals surface area contributed by atoms with Crippen LogP contribution in [0.1, 0.15) is 54.8 Å². The van der Waals surface area contributed by atoms with E-state index in [1.807, 2.05) is 38.1 Å². The van der Waals surface area contributed by atoms with Crippen LogP contribution in [-0.2, 0) is 14.8 Å². The second kappa shape index (κ2) is 8.60. The third kappa shape index (κ3) is 4.32. The molecule has 31 heavy (non-hydrogen) atoms. The number of hydrogen-bond donors (Lipinski definition) is 1. The van der Waals surface area contributed by atoms with Gasteiger partial charge in [-0.15, -0.1) is 0 Å². The maximum Gasteiger partial charge on any atom is 0.333 e. The molecule has 2 atom stereocenters. The Hall–Kier alpha value is -2.44. The van der Waals surface area contributed by atoms with Gasteiger partial charge in [-0.25, -0.2) is 13.2 Å². The molecule has 1 N–H and O–H groups in total. The molecule has 2 aromatic carbocycles. The maximum absolute atomic E-state index is 13.8. The third-order valence-electron chi connectivity index (χ3n) is 6.53. The Morgan fingerprint density at radius 3 is 2.06 bits per heavy atom. The van der Waals surface area contributed by atoms with E-state index in [-0.39, 0.29) is 10.5 Å². The minimum atomic E-state index is -3.90. The van der Waals surface area contributed by atoms with Crippen molar-refractivity contribution in [2.24, 2.45) is 5.92 Å². The molecule has 6 heteroatoms. The van der Waals surface area contributed by atoms with Gasteiger partial charge in [0.25, 0.3) is 0 Å². The fourth-order valence-electron chi connectivity index (χ4n) is 4.87. The molecule has 1 aliphatic carbocycles. The minimum Gasteiger partial charge on any atom is -0.478 e. The summed E-state index contributed by atoms with van der Waals surface area (Å²) < 4.78 is 29.1. The normalized spacial score (nSPS) is 22.6. The molecule has 4 rings (SSSR count). The zero-order valence-corrected chi connectivity index (χ0v) is 18.8. The first kappa shape index (κ1) is 21.8. The molecular formula is C25H29NO4S. The first-order valence-electron chi connectivity index (χ1n) is 10.9. The molecule has 1 heterocycles. The fourth-order valence-corrected chi connectivity index (χ4v) is 6.61. The SMILES string of the molecule is Cc1ccc([C@@H]2C(C(=O)O)=C[C@H](CC3CCCC3)N2S(=O)(=O)c2ccc(C)cc2)cc1. The number of hydrogen-bond acceptors (Lipinski definition) is 3. The Balaban J connectivity index is 1.82. The van der Waals surface area contributed by atoms with Gasteiger partial charge in [-0.3, -0.25) is 0 Å². The molecule has 1 saturated carbocycles. The van der Waals surface area contributed by atoms with E-state index in [2.05, 4.69) is 0 Å². The monoisotopic (exact) mass is 439 g/mol. The highest BCUT2D eigenvalue weighted by molar-refractivity contribution is 7.89. The van der Waals surface area contributed by atoms with Gasteiger partial charge in [0.05, 0.1) is 16.5 Å². The quantitative estimate of drug-likeness (QED) is 0.687. The van der Waals surface area contributed by atoms with Crippen LogP contribution in [0, 0.1) is 19.8 Å². The van der Waals surface area contributed by atoms with Crippen LogP contribution >= 0.6 is 0 Å². The number of nitrogens with zero attached hydrogens (tertiary/aromatic N) is 1. The van der Waals surface area contributed by atoms with Crippen LogP contribution in [-0.4, -0.2) is 29.8 Å². The second-order valence-electron chi connectivity index (χ2n) is 8.84. The highest BCUT2D eigenvalue weighted by Crippen LogP contribution is 2.44. The van der Waals surface area contributed by atoms with E-state index in [1.54, 1.807) is 30.3 Å². The lowest BCUT2D eigenvalue weighted by Gasteiger charge is -2.32. The molecule has 5 nitrogen and oxygen atoms in total. The van der Waals surface area contributed by atoms with Crippen molar-refractivity contribution in [2.45, 2.75) is 62.9 Å². The van der Waals surface area contributed by atoms with Gasteiger partial charge in [0.1, 0.15) is 0 Å². The average molecular weight is 440 g/mol. The standard InChI is InChI=1S/C25H29NO4S/c1-17-7-11-20(12-8-17)24-23(25(27)28)16-21(15-19-5-3-4-6-19)26(24)31(29,30)22-13-9-18(2)10-14-22/h7-14,16,19,21,24H,3-6,15H2,1-2H3,(H,27,28)/t21-,24+/m0/s1. The summed E-state index contributed by atoms with van der Waals surface area (Å²) in [5.74, 6) is -0.646. The van der Waals surface area contributed by atoms with Crippen molar-refractivity contribution in [3.8, 4) is 0 Å². The van der Waals surface area contributed by atoms with E-state index in [1.165, 1.54) is 4.31 Å². The average Bonchev–Trinajstić information content (AvgIpc) is 3.37. The molecule has 0 unspecified atom stereocenters. The van der Waals surface area contributed by atoms with Crippen molar-refractivity contribution in [1.29, 1.82) is 0 Å². The van der Waals surface area contributed by atoms with Gasteiger partial charge in [0, 0.05) is 6.04 Å². The van der Waals surface area contributed by atoms with Crippen LogP contribution in [0.4, 0.5) is 0 Å². The molecule has 1 aliphatic heterocycles. The molecule has 0 aromatic heterocycles. The van der Waals surface area contributed by atoms with Crippen molar-refractivity contribution >= 4 is 16.0 Å². The smallest absolute Gasteiger partial charge is 0.333 e. The summed E-state index contributed by atoms with van der Waals surface area (Å²) in [4.78, 5) is 12.4. The van der Waals surface area contributed by atoms with Crippen LogP contribution in [0.2, 0.25) is 0 Å². The molecule has 0 spiro atoms. The number of carbonyl (C=O) groups is 1. The molecule has 2 aliphatic rings. The number of benzene rings is 2. The Bertz CT molecular complexity index is 1080. The predicted molar refractivity (Wildman–Crippen MR) is 120 cm³/mol. The van der Waals surface area contributed by atoms with Crippen LogP contribution in [0.3, 0.4) is 0 Å². The number of aliphatic carboxylic acids is 1. The van der Waals surface area contributed by atoms with E-state index in [0.717, 1.165) is 36.8 Å². The number of sulfonamides is 1. The molecular weight excluding hydrogens is 410 g/mol. The number of carboxylic acid groups (broad SMARTS) is 1. The van der Waals surface area contributed by atoms with E-state index in [9.17, 15) is 18.3 Å². The summed E-state index contributed by atoms with van der Waals surface area (Å²) in [6, 6.07) is 13.0. The number of rotatable bonds is 6. The van der Waals surface area contributed by atoms with Crippen LogP contribution < -0.4 is 0 Å². The van der Waals surface area contributed by atoms with Crippen molar-refractivity contribution in [3.63, 3.8) is 0 Å². The molecule has 164 valence electrons. The molecule has 0 bridgehead atoms. The Morgan fingerprint density at radius 1 is 0.968 bits per heavy atom. The first-order chi connectivity index (χ1) is 14.8. The van der Waals surface area contributed by atoms with Gasteiger partial charge in [-0.1, -0.05) is 79.3 Å². The third-order valence-corrected chi connectivity index (χ3v) is 8.44. The van der Waals surface area contributed by atoms with Crippen molar-refractivity contribution < 1.29 is 18.3 Å². The predicted octanol–water partition coefficient (Wildman–Crippen LogP) is 5.01. The highest BCUT2D eigenvalue weighted by atomic mass is 32.2. The van der Waals surface area contributed by atoms with Gasteiger partial charge >= 0.3 is 5.97 Å². The number of carboxylic acids is 1. The summed E-state index contributed by atoms with van der Waals surface area (Å²) >= 11 is 0. The first-order valence-corrected chi connectivity index (χ1v) is 12.3. The van der Waals surface area contributed by atoms with Crippen LogP contribution in [0.25, 0.3) is 0 Å². The second-order valence-corrected chi connectivity index (χ2v) is 10.7. The van der Waals surface area contributed by atoms with Crippen molar-refractivity contribution in [3.05, 3.63) is 76.9 Å². The largest absolute Gasteiger partial charge is 0.478 e. The lowest BCUT2D eigenvalue weighted by atomic mass is 9.98. The summed E-state index contributed by atoms with van der Waals surface area (Å²) in [6.07, 6.45) is 6.78. The zero-order chi connectivity index (χ0) is 22.2. The van der Waals surface area contributed by atoms with Crippen LogP contribution in [0.15, 0.2) is 65.1 Å². The van der Waals surface area contributed by atoms with Crippen LogP contribution in [0.5, 0.6) is 0 Å². The highest BCUT2D eigenvalue weighted by Gasteiger charge is 2.46. The zero-order valence-electron chi connectivity index (χ0n) is 18.0. The van der Waals surface area contributed by atoms with Gasteiger partial charge in [-0.2, -0.15) is 4.31 Å². The number of aryl methyl sites for hydroxylation is 2. The summed E-state index contributed by atoms with van der Waals surface area (Å²) in [5.41, 5.74) is 2.84.